The zero-order valence-corrected chi connectivity index (χ0v) is 9.82. The molecule has 0 fully saturated rings. The van der Waals surface area contributed by atoms with Crippen LogP contribution in [0.3, 0.4) is 0 Å². The highest BCUT2D eigenvalue weighted by atomic mass is 16.5. The van der Waals surface area contributed by atoms with Crippen molar-refractivity contribution in [2.24, 2.45) is 0 Å². The van der Waals surface area contributed by atoms with Crippen LogP contribution >= 0.6 is 0 Å². The zero-order chi connectivity index (χ0) is 11.8. The van der Waals surface area contributed by atoms with Gasteiger partial charge in [0.1, 0.15) is 5.76 Å². The van der Waals surface area contributed by atoms with Gasteiger partial charge in [0.25, 0.3) is 0 Å². The minimum Gasteiger partial charge on any atom is -0.360 e. The summed E-state index contributed by atoms with van der Waals surface area (Å²) in [6, 6.07) is 2.01. The van der Waals surface area contributed by atoms with Crippen molar-refractivity contribution in [2.75, 3.05) is 6.54 Å². The van der Waals surface area contributed by atoms with E-state index in [0.717, 1.165) is 18.6 Å². The van der Waals surface area contributed by atoms with Crippen LogP contribution in [0.25, 0.3) is 0 Å². The maximum atomic E-state index is 11.4. The van der Waals surface area contributed by atoms with Crippen molar-refractivity contribution >= 4 is 5.91 Å². The molecule has 16 heavy (non-hydrogen) atoms. The van der Waals surface area contributed by atoms with E-state index in [1.165, 1.54) is 0 Å². The zero-order valence-electron chi connectivity index (χ0n) is 9.82. The minimum atomic E-state index is 0.0143. The second kappa shape index (κ2) is 7.00. The molecule has 1 aromatic rings. The van der Waals surface area contributed by atoms with Gasteiger partial charge in [0, 0.05) is 12.1 Å². The fraction of sp³-hybridized carbons (Fsp3) is 0.636. The lowest BCUT2D eigenvalue weighted by molar-refractivity contribution is -0.120. The lowest BCUT2D eigenvalue weighted by Crippen LogP contribution is -2.38. The van der Waals surface area contributed by atoms with E-state index < -0.39 is 0 Å². The molecule has 1 aromatic heterocycles. The average Bonchev–Trinajstić information content (AvgIpc) is 2.70. The molecule has 2 N–H and O–H groups in total. The van der Waals surface area contributed by atoms with E-state index in [1.807, 2.05) is 6.92 Å². The van der Waals surface area contributed by atoms with Crippen molar-refractivity contribution in [1.29, 1.82) is 0 Å². The molecule has 1 unspecified atom stereocenters. The summed E-state index contributed by atoms with van der Waals surface area (Å²) in [7, 11) is 0. The lowest BCUT2D eigenvalue weighted by Gasteiger charge is -2.12. The van der Waals surface area contributed by atoms with Gasteiger partial charge in [-0.1, -0.05) is 18.5 Å². The predicted octanol–water partition coefficient (Wildman–Crippen LogP) is 1.07. The van der Waals surface area contributed by atoms with Crippen LogP contribution in [0.5, 0.6) is 0 Å². The Balaban J connectivity index is 2.10. The van der Waals surface area contributed by atoms with E-state index in [-0.39, 0.29) is 11.9 Å². The van der Waals surface area contributed by atoms with Crippen LogP contribution in [0, 0.1) is 0 Å². The highest BCUT2D eigenvalue weighted by molar-refractivity contribution is 5.78. The van der Waals surface area contributed by atoms with Gasteiger partial charge in [-0.3, -0.25) is 4.79 Å². The molecule has 0 saturated carbocycles. The van der Waals surface area contributed by atoms with Crippen molar-refractivity contribution in [3.8, 4) is 0 Å². The van der Waals surface area contributed by atoms with Crippen molar-refractivity contribution in [3.05, 3.63) is 18.0 Å². The summed E-state index contributed by atoms with van der Waals surface area (Å²) >= 11 is 0. The molecule has 0 aliphatic rings. The van der Waals surface area contributed by atoms with Gasteiger partial charge in [-0.15, -0.1) is 0 Å². The lowest BCUT2D eigenvalue weighted by atomic mass is 10.2. The topological polar surface area (TPSA) is 67.2 Å². The van der Waals surface area contributed by atoms with Gasteiger partial charge in [0.15, 0.2) is 0 Å². The van der Waals surface area contributed by atoms with Gasteiger partial charge >= 0.3 is 0 Å². The van der Waals surface area contributed by atoms with Crippen LogP contribution in [0.4, 0.5) is 0 Å². The van der Waals surface area contributed by atoms with Crippen molar-refractivity contribution in [2.45, 2.75) is 39.3 Å². The first-order valence-corrected chi connectivity index (χ1v) is 5.62. The standard InChI is InChI=1S/C11H19N3O2/c1-3-4-9(2)14-11(15)8-12-7-10-5-6-13-16-10/h5-6,9,12H,3-4,7-8H2,1-2H3,(H,14,15). The third-order valence-corrected chi connectivity index (χ3v) is 2.21. The maximum Gasteiger partial charge on any atom is 0.234 e. The molecule has 0 radical (unpaired) electrons. The average molecular weight is 225 g/mol. The molecule has 90 valence electrons. The third kappa shape index (κ3) is 4.93. The molecule has 0 aliphatic carbocycles. The largest absolute Gasteiger partial charge is 0.360 e. The summed E-state index contributed by atoms with van der Waals surface area (Å²) in [6.45, 7) is 4.94. The van der Waals surface area contributed by atoms with Gasteiger partial charge < -0.3 is 15.2 Å². The van der Waals surface area contributed by atoms with E-state index in [0.29, 0.717) is 13.1 Å². The molecule has 1 heterocycles. The summed E-state index contributed by atoms with van der Waals surface area (Å²) in [4.78, 5) is 11.4. The second-order valence-corrected chi connectivity index (χ2v) is 3.84. The highest BCUT2D eigenvalue weighted by Crippen LogP contribution is 1.95. The maximum absolute atomic E-state index is 11.4. The predicted molar refractivity (Wildman–Crippen MR) is 60.7 cm³/mol. The Kier molecular flexibility index (Phi) is 5.56. The fourth-order valence-corrected chi connectivity index (χ4v) is 1.46. The Hall–Kier alpha value is -1.36. The summed E-state index contributed by atoms with van der Waals surface area (Å²) < 4.78 is 4.89. The van der Waals surface area contributed by atoms with Gasteiger partial charge in [0.2, 0.25) is 5.91 Å². The second-order valence-electron chi connectivity index (χ2n) is 3.84. The normalized spacial score (nSPS) is 12.4. The molecule has 5 heteroatoms. The van der Waals surface area contributed by atoms with Gasteiger partial charge in [-0.05, 0) is 13.3 Å². The quantitative estimate of drug-likeness (QED) is 0.728. The first-order chi connectivity index (χ1) is 7.72. The number of rotatable bonds is 7. The molecule has 1 atom stereocenters. The Labute approximate surface area is 95.6 Å². The number of hydrogen-bond donors (Lipinski definition) is 2. The molecule has 0 aliphatic heterocycles. The monoisotopic (exact) mass is 225 g/mol. The van der Waals surface area contributed by atoms with Crippen LogP contribution in [-0.2, 0) is 11.3 Å². The van der Waals surface area contributed by atoms with Crippen LogP contribution in [0.2, 0.25) is 0 Å². The molecular weight excluding hydrogens is 206 g/mol. The summed E-state index contributed by atoms with van der Waals surface area (Å²) in [5.74, 6) is 0.745. The van der Waals surface area contributed by atoms with Gasteiger partial charge in [-0.25, -0.2) is 0 Å². The molecule has 0 aromatic carbocycles. The number of carbonyl (C=O) groups excluding carboxylic acids is 1. The van der Waals surface area contributed by atoms with Crippen molar-refractivity contribution in [3.63, 3.8) is 0 Å². The Morgan fingerprint density at radius 2 is 2.44 bits per heavy atom. The Morgan fingerprint density at radius 3 is 3.06 bits per heavy atom. The van der Waals surface area contributed by atoms with E-state index in [4.69, 9.17) is 4.52 Å². The minimum absolute atomic E-state index is 0.0143. The summed E-state index contributed by atoms with van der Waals surface area (Å²) in [5, 5.41) is 9.48. The summed E-state index contributed by atoms with van der Waals surface area (Å²) in [5.41, 5.74) is 0. The van der Waals surface area contributed by atoms with Gasteiger partial charge in [-0.2, -0.15) is 0 Å². The van der Waals surface area contributed by atoms with Crippen molar-refractivity contribution < 1.29 is 9.32 Å². The van der Waals surface area contributed by atoms with E-state index in [9.17, 15) is 4.79 Å². The van der Waals surface area contributed by atoms with E-state index in [1.54, 1.807) is 12.3 Å². The molecule has 1 rings (SSSR count). The fourth-order valence-electron chi connectivity index (χ4n) is 1.46. The van der Waals surface area contributed by atoms with Gasteiger partial charge in [0.05, 0.1) is 19.3 Å². The first-order valence-electron chi connectivity index (χ1n) is 5.62. The molecule has 0 spiro atoms. The van der Waals surface area contributed by atoms with Crippen LogP contribution < -0.4 is 10.6 Å². The van der Waals surface area contributed by atoms with E-state index >= 15 is 0 Å². The molecule has 0 bridgehead atoms. The Bertz CT molecular complexity index is 298. The first kappa shape index (κ1) is 12.7. The molecule has 0 saturated heterocycles. The van der Waals surface area contributed by atoms with Crippen LogP contribution in [0.15, 0.2) is 16.8 Å². The third-order valence-electron chi connectivity index (χ3n) is 2.21. The number of carbonyl (C=O) groups is 1. The number of nitrogens with one attached hydrogen (secondary N) is 2. The number of amides is 1. The number of nitrogens with zero attached hydrogens (tertiary/aromatic N) is 1. The SMILES string of the molecule is CCCC(C)NC(=O)CNCc1ccno1. The van der Waals surface area contributed by atoms with Crippen LogP contribution in [-0.4, -0.2) is 23.7 Å². The number of aromatic nitrogens is 1. The molecule has 5 nitrogen and oxygen atoms in total. The van der Waals surface area contributed by atoms with E-state index in [2.05, 4.69) is 22.7 Å². The summed E-state index contributed by atoms with van der Waals surface area (Å²) in [6.07, 6.45) is 3.67. The highest BCUT2D eigenvalue weighted by Gasteiger charge is 2.06. The number of hydrogen-bond acceptors (Lipinski definition) is 4. The Morgan fingerprint density at radius 1 is 1.62 bits per heavy atom. The molecular formula is C11H19N3O2. The molecule has 1 amide bonds. The van der Waals surface area contributed by atoms with Crippen molar-refractivity contribution in [1.82, 2.24) is 15.8 Å². The van der Waals surface area contributed by atoms with Crippen LogP contribution in [0.1, 0.15) is 32.4 Å². The smallest absolute Gasteiger partial charge is 0.234 e.